The molecular weight excluding hydrogens is 200 g/mol. The van der Waals surface area contributed by atoms with Crippen LogP contribution in [0.4, 0.5) is 0 Å². The number of ether oxygens (including phenoxy) is 3. The van der Waals surface area contributed by atoms with E-state index in [-0.39, 0.29) is 12.2 Å². The molecule has 0 saturated carbocycles. The standard InChI is InChI=1S/C10H16O5/c1-7(2)9(11)15-8(3)10(12)14-6-5-13-4/h8H,1,5-6H2,2-4H3. The number of rotatable bonds is 6. The molecule has 1 unspecified atom stereocenters. The van der Waals surface area contributed by atoms with Crippen LogP contribution in [0.3, 0.4) is 0 Å². The molecular formula is C10H16O5. The van der Waals surface area contributed by atoms with Crippen molar-refractivity contribution in [2.75, 3.05) is 20.3 Å². The molecule has 0 aromatic carbocycles. The SMILES string of the molecule is C=C(C)C(=O)OC(C)C(=O)OCCOC. The van der Waals surface area contributed by atoms with Crippen molar-refractivity contribution < 1.29 is 23.8 Å². The van der Waals surface area contributed by atoms with E-state index in [4.69, 9.17) is 14.2 Å². The van der Waals surface area contributed by atoms with E-state index in [1.165, 1.54) is 21.0 Å². The molecule has 0 saturated heterocycles. The van der Waals surface area contributed by atoms with E-state index in [1.807, 2.05) is 0 Å². The van der Waals surface area contributed by atoms with Crippen molar-refractivity contribution >= 4 is 11.9 Å². The summed E-state index contributed by atoms with van der Waals surface area (Å²) in [5, 5.41) is 0. The summed E-state index contributed by atoms with van der Waals surface area (Å²) < 4.78 is 14.2. The number of esters is 2. The van der Waals surface area contributed by atoms with Crippen LogP contribution in [-0.2, 0) is 23.8 Å². The van der Waals surface area contributed by atoms with Crippen LogP contribution in [0.1, 0.15) is 13.8 Å². The summed E-state index contributed by atoms with van der Waals surface area (Å²) in [5.74, 6) is -1.20. The summed E-state index contributed by atoms with van der Waals surface area (Å²) in [4.78, 5) is 22.2. The molecule has 0 heterocycles. The third-order valence-electron chi connectivity index (χ3n) is 1.50. The van der Waals surface area contributed by atoms with E-state index < -0.39 is 18.0 Å². The van der Waals surface area contributed by atoms with Crippen molar-refractivity contribution in [3.63, 3.8) is 0 Å². The number of carbonyl (C=O) groups is 2. The van der Waals surface area contributed by atoms with E-state index in [2.05, 4.69) is 6.58 Å². The van der Waals surface area contributed by atoms with E-state index in [1.54, 1.807) is 0 Å². The van der Waals surface area contributed by atoms with Crippen LogP contribution in [-0.4, -0.2) is 38.4 Å². The fourth-order valence-corrected chi connectivity index (χ4v) is 0.652. The number of methoxy groups -OCH3 is 1. The molecule has 5 nitrogen and oxygen atoms in total. The maximum Gasteiger partial charge on any atom is 0.347 e. The molecule has 0 aromatic heterocycles. The normalized spacial score (nSPS) is 11.7. The Kier molecular flexibility index (Phi) is 6.37. The monoisotopic (exact) mass is 216 g/mol. The lowest BCUT2D eigenvalue weighted by molar-refractivity contribution is -0.165. The second-order valence-corrected chi connectivity index (χ2v) is 2.99. The molecule has 0 rings (SSSR count). The maximum absolute atomic E-state index is 11.2. The van der Waals surface area contributed by atoms with Crippen molar-refractivity contribution in [3.05, 3.63) is 12.2 Å². The Labute approximate surface area is 89.0 Å². The number of hydrogen-bond donors (Lipinski definition) is 0. The van der Waals surface area contributed by atoms with Gasteiger partial charge in [-0.25, -0.2) is 9.59 Å². The van der Waals surface area contributed by atoms with Gasteiger partial charge in [0.05, 0.1) is 6.61 Å². The zero-order chi connectivity index (χ0) is 11.8. The zero-order valence-corrected chi connectivity index (χ0v) is 9.24. The molecule has 0 aliphatic heterocycles. The van der Waals surface area contributed by atoms with Crippen LogP contribution in [0.15, 0.2) is 12.2 Å². The minimum Gasteiger partial charge on any atom is -0.461 e. The molecule has 86 valence electrons. The lowest BCUT2D eigenvalue weighted by atomic mass is 10.3. The summed E-state index contributed by atoms with van der Waals surface area (Å²) in [6.07, 6.45) is -0.925. The quantitative estimate of drug-likeness (QED) is 0.371. The van der Waals surface area contributed by atoms with Gasteiger partial charge >= 0.3 is 11.9 Å². The van der Waals surface area contributed by atoms with Crippen molar-refractivity contribution in [1.29, 1.82) is 0 Å². The Morgan fingerprint density at radius 1 is 1.33 bits per heavy atom. The molecule has 0 aliphatic rings. The topological polar surface area (TPSA) is 61.8 Å². The molecule has 5 heteroatoms. The number of carbonyl (C=O) groups excluding carboxylic acids is 2. The van der Waals surface area contributed by atoms with E-state index in [9.17, 15) is 9.59 Å². The van der Waals surface area contributed by atoms with Crippen LogP contribution in [0.25, 0.3) is 0 Å². The first-order valence-corrected chi connectivity index (χ1v) is 4.51. The van der Waals surface area contributed by atoms with Gasteiger partial charge < -0.3 is 14.2 Å². The third-order valence-corrected chi connectivity index (χ3v) is 1.50. The first-order valence-electron chi connectivity index (χ1n) is 4.51. The van der Waals surface area contributed by atoms with Crippen molar-refractivity contribution in [2.24, 2.45) is 0 Å². The van der Waals surface area contributed by atoms with Gasteiger partial charge in [0.1, 0.15) is 6.61 Å². The molecule has 0 bridgehead atoms. The van der Waals surface area contributed by atoms with Crippen LogP contribution in [0, 0.1) is 0 Å². The van der Waals surface area contributed by atoms with Crippen LogP contribution >= 0.6 is 0 Å². The molecule has 0 fully saturated rings. The van der Waals surface area contributed by atoms with Gasteiger partial charge in [-0.2, -0.15) is 0 Å². The Hall–Kier alpha value is -1.36. The predicted octanol–water partition coefficient (Wildman–Crippen LogP) is 0.684. The summed E-state index contributed by atoms with van der Waals surface area (Å²) in [5.41, 5.74) is 0.242. The highest BCUT2D eigenvalue weighted by Crippen LogP contribution is 2.00. The largest absolute Gasteiger partial charge is 0.461 e. The highest BCUT2D eigenvalue weighted by molar-refractivity contribution is 5.89. The minimum absolute atomic E-state index is 0.143. The second-order valence-electron chi connectivity index (χ2n) is 2.99. The van der Waals surface area contributed by atoms with Crippen molar-refractivity contribution in [1.82, 2.24) is 0 Å². The third kappa shape index (κ3) is 5.85. The van der Waals surface area contributed by atoms with Crippen molar-refractivity contribution in [2.45, 2.75) is 20.0 Å². The summed E-state index contributed by atoms with van der Waals surface area (Å²) >= 11 is 0. The molecule has 0 radical (unpaired) electrons. The molecule has 0 N–H and O–H groups in total. The van der Waals surface area contributed by atoms with Gasteiger partial charge in [-0.3, -0.25) is 0 Å². The molecule has 0 spiro atoms. The summed E-state index contributed by atoms with van der Waals surface area (Å²) in [6, 6.07) is 0. The Bertz CT molecular complexity index is 246. The fourth-order valence-electron chi connectivity index (χ4n) is 0.652. The molecule has 0 aromatic rings. The smallest absolute Gasteiger partial charge is 0.347 e. The fraction of sp³-hybridized carbons (Fsp3) is 0.600. The van der Waals surface area contributed by atoms with Gasteiger partial charge in [0.25, 0.3) is 0 Å². The molecule has 1 atom stereocenters. The second kappa shape index (κ2) is 7.00. The molecule has 15 heavy (non-hydrogen) atoms. The van der Waals surface area contributed by atoms with Crippen LogP contribution < -0.4 is 0 Å². The lowest BCUT2D eigenvalue weighted by Gasteiger charge is -2.12. The highest BCUT2D eigenvalue weighted by Gasteiger charge is 2.19. The van der Waals surface area contributed by atoms with Gasteiger partial charge in [0.2, 0.25) is 0 Å². The average molecular weight is 216 g/mol. The van der Waals surface area contributed by atoms with Gasteiger partial charge in [0, 0.05) is 12.7 Å². The van der Waals surface area contributed by atoms with E-state index in [0.29, 0.717) is 6.61 Å². The highest BCUT2D eigenvalue weighted by atomic mass is 16.6. The lowest BCUT2D eigenvalue weighted by Crippen LogP contribution is -2.27. The summed E-state index contributed by atoms with van der Waals surface area (Å²) in [6.45, 7) is 6.80. The average Bonchev–Trinajstić information content (AvgIpc) is 2.17. The van der Waals surface area contributed by atoms with E-state index >= 15 is 0 Å². The Morgan fingerprint density at radius 3 is 2.40 bits per heavy atom. The first kappa shape index (κ1) is 13.6. The van der Waals surface area contributed by atoms with Gasteiger partial charge in [-0.1, -0.05) is 6.58 Å². The Balaban J connectivity index is 3.88. The van der Waals surface area contributed by atoms with Gasteiger partial charge in [-0.15, -0.1) is 0 Å². The van der Waals surface area contributed by atoms with Gasteiger partial charge in [0.15, 0.2) is 6.10 Å². The summed E-state index contributed by atoms with van der Waals surface area (Å²) in [7, 11) is 1.50. The predicted molar refractivity (Wildman–Crippen MR) is 53.2 cm³/mol. The van der Waals surface area contributed by atoms with Crippen LogP contribution in [0.2, 0.25) is 0 Å². The maximum atomic E-state index is 11.2. The zero-order valence-electron chi connectivity index (χ0n) is 9.24. The van der Waals surface area contributed by atoms with Crippen LogP contribution in [0.5, 0.6) is 0 Å². The molecule has 0 amide bonds. The van der Waals surface area contributed by atoms with Gasteiger partial charge in [-0.05, 0) is 13.8 Å². The first-order chi connectivity index (χ1) is 6.99. The van der Waals surface area contributed by atoms with E-state index in [0.717, 1.165) is 0 Å². The Morgan fingerprint density at radius 2 is 1.93 bits per heavy atom. The number of hydrogen-bond acceptors (Lipinski definition) is 5. The minimum atomic E-state index is -0.925. The molecule has 0 aliphatic carbocycles. The van der Waals surface area contributed by atoms with Crippen molar-refractivity contribution in [3.8, 4) is 0 Å².